The predicted octanol–water partition coefficient (Wildman–Crippen LogP) is 1.90. The van der Waals surface area contributed by atoms with Gasteiger partial charge in [0.15, 0.2) is 11.5 Å². The van der Waals surface area contributed by atoms with Crippen molar-refractivity contribution in [2.75, 3.05) is 31.5 Å². The second-order valence-corrected chi connectivity index (χ2v) is 6.29. The van der Waals surface area contributed by atoms with E-state index < -0.39 is 0 Å². The summed E-state index contributed by atoms with van der Waals surface area (Å²) in [6.45, 7) is 2.12. The standard InChI is InChI=1S/C16H16BrN5O2/c17-12-2-1-3-13(10-12)18-15-5-4-14(19-20-15)16(24)22-8-6-21(11-23)7-9-22/h1-5,10-11H,6-9H2,(H,18,20). The highest BCUT2D eigenvalue weighted by molar-refractivity contribution is 9.10. The molecule has 1 aromatic heterocycles. The number of piperazine rings is 1. The third-order valence-corrected chi connectivity index (χ3v) is 4.22. The van der Waals surface area contributed by atoms with Crippen molar-refractivity contribution in [3.63, 3.8) is 0 Å². The molecule has 0 saturated carbocycles. The van der Waals surface area contributed by atoms with Gasteiger partial charge in [-0.1, -0.05) is 22.0 Å². The minimum atomic E-state index is -0.165. The van der Waals surface area contributed by atoms with Gasteiger partial charge in [-0.3, -0.25) is 9.59 Å². The molecule has 2 aromatic rings. The summed E-state index contributed by atoms with van der Waals surface area (Å²) in [5.74, 6) is 0.400. The van der Waals surface area contributed by atoms with E-state index in [1.165, 1.54) is 0 Å². The molecule has 1 saturated heterocycles. The molecule has 1 N–H and O–H groups in total. The van der Waals surface area contributed by atoms with Crippen molar-refractivity contribution in [1.82, 2.24) is 20.0 Å². The SMILES string of the molecule is O=CN1CCN(C(=O)c2ccc(Nc3cccc(Br)c3)nn2)CC1. The van der Waals surface area contributed by atoms with Crippen LogP contribution < -0.4 is 5.32 Å². The van der Waals surface area contributed by atoms with Crippen LogP contribution in [0.15, 0.2) is 40.9 Å². The fraction of sp³-hybridized carbons (Fsp3) is 0.250. The van der Waals surface area contributed by atoms with Gasteiger partial charge in [0.25, 0.3) is 5.91 Å². The Labute approximate surface area is 147 Å². The van der Waals surface area contributed by atoms with Crippen molar-refractivity contribution in [2.45, 2.75) is 0 Å². The van der Waals surface area contributed by atoms with E-state index in [2.05, 4.69) is 31.4 Å². The van der Waals surface area contributed by atoms with Crippen LogP contribution in [0.25, 0.3) is 0 Å². The average Bonchev–Trinajstić information content (AvgIpc) is 2.62. The molecule has 0 unspecified atom stereocenters. The molecule has 0 bridgehead atoms. The number of hydrogen-bond donors (Lipinski definition) is 1. The zero-order valence-electron chi connectivity index (χ0n) is 12.9. The zero-order valence-corrected chi connectivity index (χ0v) is 14.4. The lowest BCUT2D eigenvalue weighted by Crippen LogP contribution is -2.48. The lowest BCUT2D eigenvalue weighted by Gasteiger charge is -2.32. The second kappa shape index (κ2) is 7.39. The summed E-state index contributed by atoms with van der Waals surface area (Å²) in [7, 11) is 0. The first kappa shape index (κ1) is 16.4. The smallest absolute Gasteiger partial charge is 0.274 e. The van der Waals surface area contributed by atoms with Crippen LogP contribution in [0.1, 0.15) is 10.5 Å². The summed E-state index contributed by atoms with van der Waals surface area (Å²) in [4.78, 5) is 26.4. The number of carbonyl (C=O) groups excluding carboxylic acids is 2. The monoisotopic (exact) mass is 389 g/mol. The lowest BCUT2D eigenvalue weighted by atomic mass is 10.2. The molecule has 7 nitrogen and oxygen atoms in total. The normalized spacial score (nSPS) is 14.4. The summed E-state index contributed by atoms with van der Waals surface area (Å²) in [6.07, 6.45) is 0.810. The van der Waals surface area contributed by atoms with E-state index >= 15 is 0 Å². The highest BCUT2D eigenvalue weighted by atomic mass is 79.9. The Morgan fingerprint density at radius 3 is 2.54 bits per heavy atom. The average molecular weight is 390 g/mol. The molecule has 3 rings (SSSR count). The first-order valence-corrected chi connectivity index (χ1v) is 8.30. The van der Waals surface area contributed by atoms with Crippen LogP contribution in [-0.4, -0.2) is 58.5 Å². The summed E-state index contributed by atoms with van der Waals surface area (Å²) >= 11 is 3.41. The molecule has 1 aromatic carbocycles. The molecule has 1 fully saturated rings. The molecule has 8 heteroatoms. The molecule has 0 radical (unpaired) electrons. The molecular formula is C16H16BrN5O2. The van der Waals surface area contributed by atoms with E-state index in [0.29, 0.717) is 37.7 Å². The molecule has 2 heterocycles. The van der Waals surface area contributed by atoms with E-state index in [0.717, 1.165) is 16.6 Å². The van der Waals surface area contributed by atoms with Crippen molar-refractivity contribution in [2.24, 2.45) is 0 Å². The van der Waals surface area contributed by atoms with Crippen LogP contribution in [-0.2, 0) is 4.79 Å². The van der Waals surface area contributed by atoms with Crippen molar-refractivity contribution in [3.05, 3.63) is 46.6 Å². The number of aromatic nitrogens is 2. The van der Waals surface area contributed by atoms with E-state index in [-0.39, 0.29) is 5.91 Å². The number of rotatable bonds is 4. The van der Waals surface area contributed by atoms with Crippen molar-refractivity contribution in [1.29, 1.82) is 0 Å². The van der Waals surface area contributed by atoms with Gasteiger partial charge in [-0.25, -0.2) is 0 Å². The number of anilines is 2. The number of nitrogens with one attached hydrogen (secondary N) is 1. The first-order chi connectivity index (χ1) is 11.7. The summed E-state index contributed by atoms with van der Waals surface area (Å²) in [5, 5.41) is 11.2. The molecule has 0 spiro atoms. The van der Waals surface area contributed by atoms with Crippen LogP contribution >= 0.6 is 15.9 Å². The van der Waals surface area contributed by atoms with Gasteiger partial charge in [0.2, 0.25) is 6.41 Å². The highest BCUT2D eigenvalue weighted by Gasteiger charge is 2.22. The maximum absolute atomic E-state index is 12.4. The summed E-state index contributed by atoms with van der Waals surface area (Å²) in [5.41, 5.74) is 1.18. The number of nitrogens with zero attached hydrogens (tertiary/aromatic N) is 4. The van der Waals surface area contributed by atoms with E-state index in [1.807, 2.05) is 24.3 Å². The Morgan fingerprint density at radius 2 is 1.92 bits per heavy atom. The Morgan fingerprint density at radius 1 is 1.12 bits per heavy atom. The number of amides is 2. The molecule has 1 aliphatic heterocycles. The molecule has 24 heavy (non-hydrogen) atoms. The van der Waals surface area contributed by atoms with E-state index in [1.54, 1.807) is 21.9 Å². The topological polar surface area (TPSA) is 78.4 Å². The largest absolute Gasteiger partial charge is 0.342 e. The van der Waals surface area contributed by atoms with Gasteiger partial charge in [0.05, 0.1) is 0 Å². The van der Waals surface area contributed by atoms with E-state index in [4.69, 9.17) is 0 Å². The van der Waals surface area contributed by atoms with Gasteiger partial charge in [0.1, 0.15) is 0 Å². The molecular weight excluding hydrogens is 374 g/mol. The van der Waals surface area contributed by atoms with Gasteiger partial charge < -0.3 is 15.1 Å². The van der Waals surface area contributed by atoms with Gasteiger partial charge in [-0.15, -0.1) is 10.2 Å². The minimum Gasteiger partial charge on any atom is -0.342 e. The molecule has 1 aliphatic rings. The number of halogens is 1. The van der Waals surface area contributed by atoms with Crippen LogP contribution in [0.3, 0.4) is 0 Å². The quantitative estimate of drug-likeness (QED) is 0.807. The van der Waals surface area contributed by atoms with Gasteiger partial charge in [0, 0.05) is 36.3 Å². The third-order valence-electron chi connectivity index (χ3n) is 3.73. The second-order valence-electron chi connectivity index (χ2n) is 5.37. The Bertz CT molecular complexity index is 730. The summed E-state index contributed by atoms with van der Waals surface area (Å²) in [6, 6.07) is 11.1. The van der Waals surface area contributed by atoms with Crippen LogP contribution in [0, 0.1) is 0 Å². The Hall–Kier alpha value is -2.48. The fourth-order valence-corrected chi connectivity index (χ4v) is 2.82. The number of benzene rings is 1. The first-order valence-electron chi connectivity index (χ1n) is 7.50. The fourth-order valence-electron chi connectivity index (χ4n) is 2.42. The van der Waals surface area contributed by atoms with Crippen molar-refractivity contribution >= 4 is 39.8 Å². The summed E-state index contributed by atoms with van der Waals surface area (Å²) < 4.78 is 0.960. The van der Waals surface area contributed by atoms with Gasteiger partial charge in [-0.2, -0.15) is 0 Å². The minimum absolute atomic E-state index is 0.165. The predicted molar refractivity (Wildman–Crippen MR) is 93.0 cm³/mol. The van der Waals surface area contributed by atoms with Crippen LogP contribution in [0.2, 0.25) is 0 Å². The highest BCUT2D eigenvalue weighted by Crippen LogP contribution is 2.19. The Balaban J connectivity index is 1.64. The van der Waals surface area contributed by atoms with E-state index in [9.17, 15) is 9.59 Å². The Kier molecular flexibility index (Phi) is 5.05. The van der Waals surface area contributed by atoms with Crippen molar-refractivity contribution < 1.29 is 9.59 Å². The number of carbonyl (C=O) groups is 2. The maximum atomic E-state index is 12.4. The van der Waals surface area contributed by atoms with Gasteiger partial charge >= 0.3 is 0 Å². The van der Waals surface area contributed by atoms with Gasteiger partial charge in [-0.05, 0) is 30.3 Å². The zero-order chi connectivity index (χ0) is 16.9. The van der Waals surface area contributed by atoms with Crippen LogP contribution in [0.4, 0.5) is 11.5 Å². The lowest BCUT2D eigenvalue weighted by molar-refractivity contribution is -0.119. The third kappa shape index (κ3) is 3.88. The molecule has 0 aliphatic carbocycles. The molecule has 2 amide bonds. The van der Waals surface area contributed by atoms with Crippen molar-refractivity contribution in [3.8, 4) is 0 Å². The van der Waals surface area contributed by atoms with Crippen LogP contribution in [0.5, 0.6) is 0 Å². The molecule has 0 atom stereocenters. The molecule has 124 valence electrons. The number of hydrogen-bond acceptors (Lipinski definition) is 5. The maximum Gasteiger partial charge on any atom is 0.274 e.